The van der Waals surface area contributed by atoms with Crippen molar-refractivity contribution in [1.29, 1.82) is 0 Å². The zero-order valence-electron chi connectivity index (χ0n) is 17.1. The Morgan fingerprint density at radius 3 is 2.70 bits per heavy atom. The van der Waals surface area contributed by atoms with Crippen molar-refractivity contribution >= 4 is 34.8 Å². The number of carbonyl (C=O) groups excluding carboxylic acids is 1. The Kier molecular flexibility index (Phi) is 5.28. The van der Waals surface area contributed by atoms with Crippen LogP contribution in [0, 0.1) is 13.8 Å². The monoisotopic (exact) mass is 406 g/mol. The minimum Gasteiger partial charge on any atom is -0.405 e. The molecule has 156 valence electrons. The highest BCUT2D eigenvalue weighted by Crippen LogP contribution is 2.31. The minimum absolute atomic E-state index is 0.325. The lowest BCUT2D eigenvalue weighted by atomic mass is 10.0. The van der Waals surface area contributed by atoms with Crippen LogP contribution in [0.2, 0.25) is 0 Å². The number of aryl methyl sites for hydroxylation is 2. The van der Waals surface area contributed by atoms with E-state index in [9.17, 15) is 4.79 Å². The number of imidazole rings is 1. The Balaban J connectivity index is 1.66. The second-order valence-electron chi connectivity index (χ2n) is 7.33. The zero-order valence-corrected chi connectivity index (χ0v) is 17.1. The van der Waals surface area contributed by atoms with Crippen LogP contribution in [0.5, 0.6) is 0 Å². The van der Waals surface area contributed by atoms with E-state index < -0.39 is 0 Å². The van der Waals surface area contributed by atoms with Gasteiger partial charge in [-0.05, 0) is 38.3 Å². The molecule has 1 aliphatic rings. The van der Waals surface area contributed by atoms with E-state index in [2.05, 4.69) is 25.5 Å². The Bertz CT molecular complexity index is 1130. The molecule has 3 heterocycles. The first-order valence-corrected chi connectivity index (χ1v) is 9.88. The molecular formula is C21H26N8O. The molecular weight excluding hydrogens is 380 g/mol. The number of nitrogen functional groups attached to an aromatic ring is 1. The fourth-order valence-corrected chi connectivity index (χ4v) is 3.79. The van der Waals surface area contributed by atoms with Crippen molar-refractivity contribution in [3.05, 3.63) is 53.2 Å². The number of anilines is 3. The van der Waals surface area contributed by atoms with E-state index >= 15 is 0 Å². The second-order valence-corrected chi connectivity index (χ2v) is 7.33. The van der Waals surface area contributed by atoms with Gasteiger partial charge in [0, 0.05) is 43.6 Å². The third-order valence-electron chi connectivity index (χ3n) is 5.20. The second kappa shape index (κ2) is 8.03. The normalized spacial score (nSPS) is 14.5. The number of nitrogens with two attached hydrogens (primary N) is 2. The van der Waals surface area contributed by atoms with Gasteiger partial charge in [-0.3, -0.25) is 4.79 Å². The van der Waals surface area contributed by atoms with Crippen LogP contribution in [0.1, 0.15) is 27.3 Å². The molecule has 2 aromatic heterocycles. The van der Waals surface area contributed by atoms with Crippen molar-refractivity contribution in [2.24, 2.45) is 5.73 Å². The number of nitrogens with one attached hydrogen (secondary N) is 2. The van der Waals surface area contributed by atoms with Crippen molar-refractivity contribution < 1.29 is 4.79 Å². The molecule has 0 spiro atoms. The average Bonchev–Trinajstić information content (AvgIpc) is 3.11. The van der Waals surface area contributed by atoms with Gasteiger partial charge >= 0.3 is 0 Å². The van der Waals surface area contributed by atoms with Crippen LogP contribution in [0.4, 0.5) is 17.2 Å². The smallest absolute Gasteiger partial charge is 0.258 e. The van der Waals surface area contributed by atoms with E-state index in [0.717, 1.165) is 54.5 Å². The summed E-state index contributed by atoms with van der Waals surface area (Å²) in [6.45, 7) is 7.30. The summed E-state index contributed by atoms with van der Waals surface area (Å²) in [6, 6.07) is 3.68. The molecule has 9 heteroatoms. The molecule has 1 saturated heterocycles. The summed E-state index contributed by atoms with van der Waals surface area (Å²) >= 11 is 0. The van der Waals surface area contributed by atoms with Crippen LogP contribution in [-0.2, 0) is 0 Å². The Labute approximate surface area is 174 Å². The van der Waals surface area contributed by atoms with E-state index in [1.165, 1.54) is 6.20 Å². The van der Waals surface area contributed by atoms with Crippen LogP contribution in [0.3, 0.4) is 0 Å². The molecule has 3 aromatic rings. The molecule has 0 saturated carbocycles. The maximum Gasteiger partial charge on any atom is 0.258 e. The highest BCUT2D eigenvalue weighted by molar-refractivity contribution is 6.09. The molecule has 1 aliphatic heterocycles. The molecule has 30 heavy (non-hydrogen) atoms. The van der Waals surface area contributed by atoms with Crippen LogP contribution >= 0.6 is 0 Å². The van der Waals surface area contributed by atoms with Crippen LogP contribution in [0.25, 0.3) is 11.7 Å². The lowest BCUT2D eigenvalue weighted by Crippen LogP contribution is -2.43. The third-order valence-corrected chi connectivity index (χ3v) is 5.20. The number of hydrogen-bond acceptors (Lipinski definition) is 7. The zero-order chi connectivity index (χ0) is 21.3. The van der Waals surface area contributed by atoms with E-state index in [4.69, 9.17) is 11.5 Å². The molecule has 0 bridgehead atoms. The summed E-state index contributed by atoms with van der Waals surface area (Å²) in [5.41, 5.74) is 16.9. The number of carbonyl (C=O) groups is 1. The van der Waals surface area contributed by atoms with Gasteiger partial charge in [-0.15, -0.1) is 0 Å². The quantitative estimate of drug-likeness (QED) is 0.484. The van der Waals surface area contributed by atoms with Gasteiger partial charge in [0.2, 0.25) is 0 Å². The van der Waals surface area contributed by atoms with Crippen molar-refractivity contribution in [2.75, 3.05) is 42.1 Å². The SMILES string of the molecule is Cc1cn2cc(NC(=O)c3ccc(N4CCNCC4)c(/C=C\N)c3N)nc(C)c2n1. The van der Waals surface area contributed by atoms with Crippen molar-refractivity contribution in [2.45, 2.75) is 13.8 Å². The van der Waals surface area contributed by atoms with Gasteiger partial charge in [0.15, 0.2) is 5.65 Å². The Morgan fingerprint density at radius 1 is 1.20 bits per heavy atom. The molecule has 1 aromatic carbocycles. The molecule has 1 amide bonds. The number of piperazine rings is 1. The maximum absolute atomic E-state index is 13.0. The predicted octanol–water partition coefficient (Wildman–Crippen LogP) is 1.52. The standard InChI is InChI=1S/C21H26N8O/c1-13-11-29-12-18(26-14(2)20(29)25-13)27-21(30)16-3-4-17(15(5-6-22)19(16)23)28-9-7-24-8-10-28/h3-6,11-12,24H,7-10,22-23H2,1-2H3,(H,27,30)/b6-5-. The van der Waals surface area contributed by atoms with Crippen molar-refractivity contribution in [3.8, 4) is 0 Å². The topological polar surface area (TPSA) is 127 Å². The summed E-state index contributed by atoms with van der Waals surface area (Å²) in [7, 11) is 0. The van der Waals surface area contributed by atoms with Gasteiger partial charge in [-0.2, -0.15) is 0 Å². The molecule has 0 aliphatic carbocycles. The van der Waals surface area contributed by atoms with Gasteiger partial charge in [0.25, 0.3) is 5.91 Å². The number of nitrogens with zero attached hydrogens (tertiary/aromatic N) is 4. The third kappa shape index (κ3) is 3.67. The number of aromatic nitrogens is 3. The van der Waals surface area contributed by atoms with E-state index in [1.54, 1.807) is 18.3 Å². The van der Waals surface area contributed by atoms with Crippen LogP contribution < -0.4 is 27.0 Å². The summed E-state index contributed by atoms with van der Waals surface area (Å²) in [6.07, 6.45) is 6.82. The number of benzene rings is 1. The first kappa shape index (κ1) is 19.7. The number of fused-ring (bicyclic) bond motifs is 1. The largest absolute Gasteiger partial charge is 0.405 e. The van der Waals surface area contributed by atoms with Gasteiger partial charge < -0.3 is 31.4 Å². The minimum atomic E-state index is -0.325. The molecule has 0 atom stereocenters. The van der Waals surface area contributed by atoms with Gasteiger partial charge in [-0.25, -0.2) is 9.97 Å². The molecule has 0 unspecified atom stereocenters. The lowest BCUT2D eigenvalue weighted by Gasteiger charge is -2.31. The molecule has 4 rings (SSSR count). The van der Waals surface area contributed by atoms with Crippen LogP contribution in [-0.4, -0.2) is 46.5 Å². The summed E-state index contributed by atoms with van der Waals surface area (Å²) < 4.78 is 1.85. The fourth-order valence-electron chi connectivity index (χ4n) is 3.79. The molecule has 6 N–H and O–H groups in total. The highest BCUT2D eigenvalue weighted by Gasteiger charge is 2.20. The Hall–Kier alpha value is -3.59. The summed E-state index contributed by atoms with van der Waals surface area (Å²) in [4.78, 5) is 24.1. The predicted molar refractivity (Wildman–Crippen MR) is 120 cm³/mol. The lowest BCUT2D eigenvalue weighted by molar-refractivity contribution is 0.102. The highest BCUT2D eigenvalue weighted by atomic mass is 16.1. The van der Waals surface area contributed by atoms with Gasteiger partial charge in [0.1, 0.15) is 5.82 Å². The first-order chi connectivity index (χ1) is 14.5. The van der Waals surface area contributed by atoms with Gasteiger partial charge in [0.05, 0.1) is 28.8 Å². The van der Waals surface area contributed by atoms with Crippen LogP contribution in [0.15, 0.2) is 30.7 Å². The molecule has 0 radical (unpaired) electrons. The van der Waals surface area contributed by atoms with E-state index in [-0.39, 0.29) is 5.91 Å². The number of rotatable bonds is 4. The van der Waals surface area contributed by atoms with E-state index in [0.29, 0.717) is 17.1 Å². The average molecular weight is 406 g/mol. The first-order valence-electron chi connectivity index (χ1n) is 9.88. The molecule has 1 fully saturated rings. The fraction of sp³-hybridized carbons (Fsp3) is 0.286. The summed E-state index contributed by atoms with van der Waals surface area (Å²) in [5, 5.41) is 6.18. The van der Waals surface area contributed by atoms with Crippen molar-refractivity contribution in [1.82, 2.24) is 19.7 Å². The Morgan fingerprint density at radius 2 is 1.97 bits per heavy atom. The van der Waals surface area contributed by atoms with Crippen molar-refractivity contribution in [3.63, 3.8) is 0 Å². The number of amides is 1. The van der Waals surface area contributed by atoms with Gasteiger partial charge in [-0.1, -0.05) is 0 Å². The maximum atomic E-state index is 13.0. The molecule has 9 nitrogen and oxygen atoms in total. The van der Waals surface area contributed by atoms with E-state index in [1.807, 2.05) is 30.5 Å². The summed E-state index contributed by atoms with van der Waals surface area (Å²) in [5.74, 6) is 0.109. The number of hydrogen-bond donors (Lipinski definition) is 4.